The molecule has 4 nitrogen and oxygen atoms in total. The van der Waals surface area contributed by atoms with E-state index in [9.17, 15) is 4.79 Å². The molecule has 112 valence electrons. The van der Waals surface area contributed by atoms with Crippen LogP contribution in [0.15, 0.2) is 24.3 Å². The summed E-state index contributed by atoms with van der Waals surface area (Å²) >= 11 is 0. The quantitative estimate of drug-likeness (QED) is 0.801. The summed E-state index contributed by atoms with van der Waals surface area (Å²) < 4.78 is 17.2. The number of fused-ring (bicyclic) bond motifs is 1. The van der Waals surface area contributed by atoms with Crippen LogP contribution in [0.2, 0.25) is 0 Å². The summed E-state index contributed by atoms with van der Waals surface area (Å²) in [5, 5.41) is 0. The van der Waals surface area contributed by atoms with Gasteiger partial charge in [0.1, 0.15) is 11.9 Å². The normalized spacial score (nSPS) is 35.8. The minimum Gasteiger partial charge on any atom is -0.489 e. The van der Waals surface area contributed by atoms with Gasteiger partial charge in [-0.05, 0) is 25.8 Å². The van der Waals surface area contributed by atoms with Crippen LogP contribution in [0.4, 0.5) is 0 Å². The minimum absolute atomic E-state index is 0.0381. The first-order valence-corrected chi connectivity index (χ1v) is 7.79. The standard InChI is InChI=1S/C17H20O4/c1-2-19-16(18)9-14-12-7-8-15-17(12,10-20-14)11-5-3-4-6-13(11)21-15/h3-6,12,14-15H,2,7-10H2,1H3/t12-,14+,15+,17-/m1/s1. The van der Waals surface area contributed by atoms with Crippen molar-refractivity contribution in [1.82, 2.24) is 0 Å². The van der Waals surface area contributed by atoms with Crippen LogP contribution >= 0.6 is 0 Å². The summed E-state index contributed by atoms with van der Waals surface area (Å²) in [5.74, 6) is 1.19. The van der Waals surface area contributed by atoms with Gasteiger partial charge in [0, 0.05) is 11.5 Å². The van der Waals surface area contributed by atoms with Gasteiger partial charge in [-0.2, -0.15) is 0 Å². The Hall–Kier alpha value is -1.55. The lowest BCUT2D eigenvalue weighted by Crippen LogP contribution is -2.39. The highest BCUT2D eigenvalue weighted by Gasteiger charge is 2.63. The van der Waals surface area contributed by atoms with Crippen molar-refractivity contribution in [2.45, 2.75) is 43.8 Å². The number of rotatable bonds is 3. The number of hydrogen-bond donors (Lipinski definition) is 0. The van der Waals surface area contributed by atoms with Crippen molar-refractivity contribution in [3.8, 4) is 5.75 Å². The van der Waals surface area contributed by atoms with Crippen LogP contribution in [0, 0.1) is 5.92 Å². The van der Waals surface area contributed by atoms with Crippen LogP contribution in [0.25, 0.3) is 0 Å². The van der Waals surface area contributed by atoms with E-state index in [0.717, 1.165) is 18.6 Å². The van der Waals surface area contributed by atoms with Gasteiger partial charge in [-0.25, -0.2) is 0 Å². The van der Waals surface area contributed by atoms with Crippen LogP contribution in [0.1, 0.15) is 31.7 Å². The maximum absolute atomic E-state index is 11.8. The predicted octanol–water partition coefficient (Wildman–Crippen LogP) is 2.45. The molecule has 0 aromatic heterocycles. The SMILES string of the molecule is CCOC(=O)C[C@@H]1OC[C@]23c4ccccc4O[C@H]2CC[C@H]13. The van der Waals surface area contributed by atoms with Crippen molar-refractivity contribution < 1.29 is 19.0 Å². The Kier molecular flexibility index (Phi) is 2.96. The molecule has 0 radical (unpaired) electrons. The third kappa shape index (κ3) is 1.75. The summed E-state index contributed by atoms with van der Waals surface area (Å²) in [4.78, 5) is 11.8. The Balaban J connectivity index is 1.63. The number of esters is 1. The van der Waals surface area contributed by atoms with E-state index < -0.39 is 0 Å². The first kappa shape index (κ1) is 13.1. The highest BCUT2D eigenvalue weighted by Crippen LogP contribution is 2.59. The Morgan fingerprint density at radius 1 is 1.38 bits per heavy atom. The molecule has 0 bridgehead atoms. The van der Waals surface area contributed by atoms with Gasteiger partial charge in [-0.1, -0.05) is 18.2 Å². The van der Waals surface area contributed by atoms with Crippen LogP contribution in [0.5, 0.6) is 5.75 Å². The largest absolute Gasteiger partial charge is 0.489 e. The van der Waals surface area contributed by atoms with Gasteiger partial charge in [0.05, 0.1) is 31.2 Å². The summed E-state index contributed by atoms with van der Waals surface area (Å²) in [6, 6.07) is 8.27. The Morgan fingerprint density at radius 2 is 2.24 bits per heavy atom. The molecule has 0 N–H and O–H groups in total. The zero-order valence-electron chi connectivity index (χ0n) is 12.2. The van der Waals surface area contributed by atoms with Gasteiger partial charge in [0.15, 0.2) is 0 Å². The van der Waals surface area contributed by atoms with Gasteiger partial charge >= 0.3 is 5.97 Å². The molecule has 4 heteroatoms. The molecule has 0 amide bonds. The number of benzene rings is 1. The fourth-order valence-corrected chi connectivity index (χ4v) is 4.47. The average molecular weight is 288 g/mol. The molecule has 1 aromatic carbocycles. The van der Waals surface area contributed by atoms with E-state index in [2.05, 4.69) is 12.1 Å². The first-order chi connectivity index (χ1) is 10.3. The number of para-hydroxylation sites is 1. The molecule has 0 unspecified atom stereocenters. The zero-order valence-corrected chi connectivity index (χ0v) is 12.2. The summed E-state index contributed by atoms with van der Waals surface area (Å²) in [7, 11) is 0. The molecule has 2 fully saturated rings. The van der Waals surface area contributed by atoms with E-state index >= 15 is 0 Å². The van der Waals surface area contributed by atoms with Crippen molar-refractivity contribution in [3.05, 3.63) is 29.8 Å². The average Bonchev–Trinajstić information content (AvgIpc) is 3.08. The van der Waals surface area contributed by atoms with Gasteiger partial charge in [0.2, 0.25) is 0 Å². The Labute approximate surface area is 124 Å². The van der Waals surface area contributed by atoms with Gasteiger partial charge in [-0.3, -0.25) is 4.79 Å². The van der Waals surface area contributed by atoms with E-state index in [-0.39, 0.29) is 23.6 Å². The second kappa shape index (κ2) is 4.73. The smallest absolute Gasteiger partial charge is 0.308 e. The number of carbonyl (C=O) groups excluding carboxylic acids is 1. The lowest BCUT2D eigenvalue weighted by atomic mass is 9.72. The molecule has 21 heavy (non-hydrogen) atoms. The molecule has 2 heterocycles. The monoisotopic (exact) mass is 288 g/mol. The second-order valence-electron chi connectivity index (χ2n) is 6.19. The molecule has 1 aliphatic carbocycles. The van der Waals surface area contributed by atoms with E-state index in [0.29, 0.717) is 25.6 Å². The van der Waals surface area contributed by atoms with Crippen molar-refractivity contribution in [3.63, 3.8) is 0 Å². The maximum atomic E-state index is 11.8. The Bertz CT molecular complexity index is 570. The summed E-state index contributed by atoms with van der Waals surface area (Å²) in [6.07, 6.45) is 2.62. The molecular weight excluding hydrogens is 268 g/mol. The van der Waals surface area contributed by atoms with Crippen LogP contribution < -0.4 is 4.74 Å². The molecule has 4 atom stereocenters. The molecular formula is C17H20O4. The maximum Gasteiger partial charge on any atom is 0.308 e. The number of hydrogen-bond acceptors (Lipinski definition) is 4. The van der Waals surface area contributed by atoms with Crippen LogP contribution in [-0.2, 0) is 19.7 Å². The van der Waals surface area contributed by atoms with Gasteiger partial charge in [0.25, 0.3) is 0 Å². The van der Waals surface area contributed by atoms with Gasteiger partial charge in [-0.15, -0.1) is 0 Å². The fourth-order valence-electron chi connectivity index (χ4n) is 4.47. The van der Waals surface area contributed by atoms with Crippen molar-refractivity contribution in [1.29, 1.82) is 0 Å². The predicted molar refractivity (Wildman–Crippen MR) is 76.3 cm³/mol. The number of ether oxygens (including phenoxy) is 3. The molecule has 2 aliphatic heterocycles. The van der Waals surface area contributed by atoms with E-state index in [1.54, 1.807) is 0 Å². The van der Waals surface area contributed by atoms with Crippen molar-refractivity contribution in [2.24, 2.45) is 5.92 Å². The van der Waals surface area contributed by atoms with Crippen molar-refractivity contribution >= 4 is 5.97 Å². The van der Waals surface area contributed by atoms with Crippen LogP contribution in [0.3, 0.4) is 0 Å². The van der Waals surface area contributed by atoms with Crippen molar-refractivity contribution in [2.75, 3.05) is 13.2 Å². The molecule has 1 spiro atoms. The van der Waals surface area contributed by atoms with E-state index in [4.69, 9.17) is 14.2 Å². The third-order valence-electron chi connectivity index (χ3n) is 5.29. The van der Waals surface area contributed by atoms with Crippen LogP contribution in [-0.4, -0.2) is 31.4 Å². The molecule has 1 saturated heterocycles. The molecule has 1 saturated carbocycles. The van der Waals surface area contributed by atoms with Gasteiger partial charge < -0.3 is 14.2 Å². The summed E-state index contributed by atoms with van der Waals surface area (Å²) in [6.45, 7) is 2.92. The Morgan fingerprint density at radius 3 is 3.10 bits per heavy atom. The van der Waals surface area contributed by atoms with E-state index in [1.165, 1.54) is 5.56 Å². The highest BCUT2D eigenvalue weighted by molar-refractivity contribution is 5.70. The fraction of sp³-hybridized carbons (Fsp3) is 0.588. The first-order valence-electron chi connectivity index (χ1n) is 7.79. The molecule has 1 aromatic rings. The lowest BCUT2D eigenvalue weighted by Gasteiger charge is -2.27. The van der Waals surface area contributed by atoms with E-state index in [1.807, 2.05) is 19.1 Å². The molecule has 4 rings (SSSR count). The minimum atomic E-state index is -0.157. The zero-order chi connectivity index (χ0) is 14.4. The highest BCUT2D eigenvalue weighted by atomic mass is 16.5. The molecule has 3 aliphatic rings. The topological polar surface area (TPSA) is 44.8 Å². The second-order valence-corrected chi connectivity index (χ2v) is 6.19. The third-order valence-corrected chi connectivity index (χ3v) is 5.29. The lowest BCUT2D eigenvalue weighted by molar-refractivity contribution is -0.146. The number of carbonyl (C=O) groups is 1. The summed E-state index contributed by atoms with van der Waals surface area (Å²) in [5.41, 5.74) is 1.22.